The van der Waals surface area contributed by atoms with E-state index in [1.165, 1.54) is 0 Å². The molecule has 31 heavy (non-hydrogen) atoms. The number of fused-ring (bicyclic) bond motifs is 1. The van der Waals surface area contributed by atoms with E-state index in [-0.39, 0.29) is 32.7 Å². The Kier molecular flexibility index (Phi) is 6.37. The quantitative estimate of drug-likeness (QED) is 0.361. The second-order valence-corrected chi connectivity index (χ2v) is 8.76. The molecule has 3 fully saturated rings. The van der Waals surface area contributed by atoms with Crippen molar-refractivity contribution in [3.05, 3.63) is 35.9 Å². The highest BCUT2D eigenvalue weighted by atomic mass is 16.9. The normalized spacial score (nSPS) is 33.4. The molecule has 172 valence electrons. The smallest absolute Gasteiger partial charge is 0.332 e. The van der Waals surface area contributed by atoms with Crippen LogP contribution in [-0.4, -0.2) is 68.3 Å². The van der Waals surface area contributed by atoms with Gasteiger partial charge in [-0.1, -0.05) is 30.3 Å². The maximum Gasteiger partial charge on any atom is 0.332 e. The Bertz CT molecular complexity index is 764. The van der Waals surface area contributed by atoms with Crippen molar-refractivity contribution in [2.45, 2.75) is 70.0 Å². The predicted molar refractivity (Wildman–Crippen MR) is 106 cm³/mol. The maximum absolute atomic E-state index is 12.5. The monoisotopic (exact) mass is 438 g/mol. The number of benzene rings is 1. The fourth-order valence-electron chi connectivity index (χ4n) is 4.02. The number of rotatable bonds is 7. The third-order valence-electron chi connectivity index (χ3n) is 5.24. The number of ether oxygens (including phenoxy) is 8. The van der Waals surface area contributed by atoms with Crippen molar-refractivity contribution in [1.29, 1.82) is 0 Å². The van der Waals surface area contributed by atoms with Crippen LogP contribution in [0, 0.1) is 0 Å². The highest BCUT2D eigenvalue weighted by Gasteiger charge is 2.64. The molecule has 0 saturated carbocycles. The van der Waals surface area contributed by atoms with Crippen molar-refractivity contribution in [2.24, 2.45) is 0 Å². The summed E-state index contributed by atoms with van der Waals surface area (Å²) in [5.41, 5.74) is 1.02. The minimum atomic E-state index is -1.27. The molecule has 4 rings (SSSR count). The van der Waals surface area contributed by atoms with Gasteiger partial charge in [-0.3, -0.25) is 0 Å². The van der Waals surface area contributed by atoms with Crippen molar-refractivity contribution in [1.82, 2.24) is 0 Å². The molecule has 9 nitrogen and oxygen atoms in total. The number of hydrogen-bond donors (Lipinski definition) is 0. The summed E-state index contributed by atoms with van der Waals surface area (Å²) >= 11 is 0. The first-order valence-corrected chi connectivity index (χ1v) is 10.4. The first-order valence-electron chi connectivity index (χ1n) is 10.4. The van der Waals surface area contributed by atoms with Gasteiger partial charge in [0.05, 0.1) is 13.2 Å². The highest BCUT2D eigenvalue weighted by Crippen LogP contribution is 2.45. The predicted octanol–water partition coefficient (Wildman–Crippen LogP) is 2.12. The summed E-state index contributed by atoms with van der Waals surface area (Å²) in [5, 5.41) is 0. The molecule has 3 aliphatic rings. The van der Waals surface area contributed by atoms with E-state index in [0.29, 0.717) is 6.61 Å². The summed E-state index contributed by atoms with van der Waals surface area (Å²) in [6, 6.07) is 9.69. The molecule has 0 N–H and O–H groups in total. The van der Waals surface area contributed by atoms with Crippen LogP contribution >= 0.6 is 0 Å². The summed E-state index contributed by atoms with van der Waals surface area (Å²) in [6.45, 7) is 7.57. The van der Waals surface area contributed by atoms with Gasteiger partial charge in [-0.2, -0.15) is 0 Å². The highest BCUT2D eigenvalue weighted by molar-refractivity contribution is 5.71. The van der Waals surface area contributed by atoms with Crippen LogP contribution in [0.15, 0.2) is 30.3 Å². The van der Waals surface area contributed by atoms with Gasteiger partial charge in [0.25, 0.3) is 0 Å². The van der Waals surface area contributed by atoms with Gasteiger partial charge >= 0.3 is 5.97 Å². The number of carbonyl (C=O) groups is 1. The average Bonchev–Trinajstić information content (AvgIpc) is 3.20. The number of carbonyl (C=O) groups excluding carboxylic acids is 1. The Labute approximate surface area is 181 Å². The van der Waals surface area contributed by atoms with E-state index in [4.69, 9.17) is 37.9 Å². The largest absolute Gasteiger partial charge is 0.452 e. The lowest BCUT2D eigenvalue weighted by atomic mass is 9.97. The first-order chi connectivity index (χ1) is 14.7. The summed E-state index contributed by atoms with van der Waals surface area (Å²) in [6.07, 6.45) is -1.82. The molecule has 0 aromatic heterocycles. The van der Waals surface area contributed by atoms with Crippen LogP contribution in [0.1, 0.15) is 33.3 Å². The van der Waals surface area contributed by atoms with Gasteiger partial charge in [-0.15, -0.1) is 0 Å². The minimum absolute atomic E-state index is 0.0400. The topological polar surface area (TPSA) is 90.9 Å². The molecule has 3 heterocycles. The summed E-state index contributed by atoms with van der Waals surface area (Å²) in [7, 11) is 0. The Morgan fingerprint density at radius 1 is 1.03 bits per heavy atom. The second kappa shape index (κ2) is 8.74. The van der Waals surface area contributed by atoms with Crippen molar-refractivity contribution in [3.63, 3.8) is 0 Å². The molecule has 0 radical (unpaired) electrons. The summed E-state index contributed by atoms with van der Waals surface area (Å²) in [5.74, 6) is -3.56. The zero-order chi connectivity index (χ0) is 22.1. The van der Waals surface area contributed by atoms with Crippen LogP contribution in [0.25, 0.3) is 0 Å². The molecule has 3 saturated heterocycles. The molecule has 1 spiro atoms. The van der Waals surface area contributed by atoms with E-state index in [1.807, 2.05) is 30.3 Å². The maximum atomic E-state index is 12.5. The van der Waals surface area contributed by atoms with Crippen LogP contribution < -0.4 is 0 Å². The second-order valence-electron chi connectivity index (χ2n) is 8.76. The molecule has 3 aliphatic heterocycles. The van der Waals surface area contributed by atoms with E-state index in [2.05, 4.69) is 0 Å². The van der Waals surface area contributed by atoms with Gasteiger partial charge in [0.15, 0.2) is 17.7 Å². The zero-order valence-electron chi connectivity index (χ0n) is 18.3. The van der Waals surface area contributed by atoms with Gasteiger partial charge in [0, 0.05) is 0 Å². The fraction of sp³-hybridized carbons (Fsp3) is 0.682. The number of esters is 1. The molecule has 1 aromatic rings. The van der Waals surface area contributed by atoms with Gasteiger partial charge in [0.1, 0.15) is 32.2 Å². The molecule has 1 aromatic carbocycles. The molecule has 0 bridgehead atoms. The minimum Gasteiger partial charge on any atom is -0.452 e. The Morgan fingerprint density at radius 2 is 1.81 bits per heavy atom. The van der Waals surface area contributed by atoms with Crippen LogP contribution in [0.5, 0.6) is 0 Å². The first kappa shape index (κ1) is 22.6. The van der Waals surface area contributed by atoms with E-state index < -0.39 is 35.5 Å². The standard InChI is InChI=1S/C22H30O9/c1-20(2)27-13-22(31-20)19(18-16(11-26-22)29-21(3,4)30-18)28-17(23)12-25-14-24-10-15-8-6-5-7-9-15/h5-9,16,18-19H,10-14H2,1-4H3/t16-,18-,19+,22+/m1/s1. The van der Waals surface area contributed by atoms with Crippen LogP contribution in [-0.2, 0) is 49.3 Å². The van der Waals surface area contributed by atoms with Gasteiger partial charge in [-0.25, -0.2) is 4.79 Å². The molecule has 0 unspecified atom stereocenters. The van der Waals surface area contributed by atoms with Gasteiger partial charge in [-0.05, 0) is 33.3 Å². The van der Waals surface area contributed by atoms with Crippen LogP contribution in [0.3, 0.4) is 0 Å². The molecule has 0 aliphatic carbocycles. The van der Waals surface area contributed by atoms with Gasteiger partial charge in [0.2, 0.25) is 5.79 Å². The molecule has 9 heteroatoms. The molecular formula is C22H30O9. The van der Waals surface area contributed by atoms with Crippen LogP contribution in [0.2, 0.25) is 0 Å². The lowest BCUT2D eigenvalue weighted by molar-refractivity contribution is -0.329. The lowest BCUT2D eigenvalue weighted by Gasteiger charge is -2.43. The van der Waals surface area contributed by atoms with Crippen molar-refractivity contribution >= 4 is 5.97 Å². The third-order valence-corrected chi connectivity index (χ3v) is 5.24. The van der Waals surface area contributed by atoms with E-state index in [0.717, 1.165) is 5.56 Å². The molecule has 0 amide bonds. The van der Waals surface area contributed by atoms with Crippen molar-refractivity contribution in [2.75, 3.05) is 26.6 Å². The average molecular weight is 438 g/mol. The lowest BCUT2D eigenvalue weighted by Crippen LogP contribution is -2.63. The SMILES string of the molecule is CC1(C)O[C@@H]2[C@@H](CO[C@]3(COC(C)(C)O3)[C@H]2OC(=O)COCOCc2ccccc2)O1. The fourth-order valence-corrected chi connectivity index (χ4v) is 4.02. The van der Waals surface area contributed by atoms with E-state index in [1.54, 1.807) is 27.7 Å². The summed E-state index contributed by atoms with van der Waals surface area (Å²) in [4.78, 5) is 12.5. The summed E-state index contributed by atoms with van der Waals surface area (Å²) < 4.78 is 46.1. The Hall–Kier alpha value is -1.59. The van der Waals surface area contributed by atoms with Crippen LogP contribution in [0.4, 0.5) is 0 Å². The van der Waals surface area contributed by atoms with Gasteiger partial charge < -0.3 is 37.9 Å². The van der Waals surface area contributed by atoms with E-state index in [9.17, 15) is 4.79 Å². The van der Waals surface area contributed by atoms with Crippen molar-refractivity contribution < 1.29 is 42.7 Å². The molecule has 4 atom stereocenters. The van der Waals surface area contributed by atoms with E-state index >= 15 is 0 Å². The number of hydrogen-bond acceptors (Lipinski definition) is 9. The van der Waals surface area contributed by atoms with Crippen molar-refractivity contribution in [3.8, 4) is 0 Å². The Morgan fingerprint density at radius 3 is 2.52 bits per heavy atom. The Balaban J connectivity index is 1.33. The molecular weight excluding hydrogens is 408 g/mol. The third kappa shape index (κ3) is 5.25. The zero-order valence-corrected chi connectivity index (χ0v) is 18.3.